The zero-order valence-corrected chi connectivity index (χ0v) is 8.83. The number of hydrogen-bond acceptors (Lipinski definition) is 2. The Morgan fingerprint density at radius 2 is 2.50 bits per heavy atom. The van der Waals surface area contributed by atoms with Crippen LogP contribution in [0.25, 0.3) is 0 Å². The van der Waals surface area contributed by atoms with Crippen LogP contribution < -0.4 is 5.32 Å². The van der Waals surface area contributed by atoms with Crippen molar-refractivity contribution in [3.8, 4) is 0 Å². The lowest BCUT2D eigenvalue weighted by Gasteiger charge is -2.11. The van der Waals surface area contributed by atoms with Crippen molar-refractivity contribution in [3.05, 3.63) is 36.8 Å². The van der Waals surface area contributed by atoms with Crippen LogP contribution in [0.15, 0.2) is 35.5 Å². The van der Waals surface area contributed by atoms with Crippen molar-refractivity contribution in [1.29, 1.82) is 0 Å². The summed E-state index contributed by atoms with van der Waals surface area (Å²) < 4.78 is 5.28. The van der Waals surface area contributed by atoms with Gasteiger partial charge in [0.2, 0.25) is 0 Å². The monoisotopic (exact) mass is 193 g/mol. The third-order valence-electron chi connectivity index (χ3n) is 2.17. The molecule has 0 spiro atoms. The number of hydrogen-bond donors (Lipinski definition) is 1. The number of unbranched alkanes of at least 4 members (excludes halogenated alkanes) is 1. The van der Waals surface area contributed by atoms with E-state index < -0.39 is 0 Å². The van der Waals surface area contributed by atoms with E-state index in [9.17, 15) is 0 Å². The van der Waals surface area contributed by atoms with Crippen molar-refractivity contribution in [1.82, 2.24) is 5.32 Å². The highest BCUT2D eigenvalue weighted by atomic mass is 16.3. The molecule has 1 aromatic heterocycles. The average molecular weight is 193 g/mol. The Balaban J connectivity index is 2.10. The van der Waals surface area contributed by atoms with E-state index in [1.54, 1.807) is 6.26 Å². The summed E-state index contributed by atoms with van der Waals surface area (Å²) in [6.45, 7) is 6.92. The lowest BCUT2D eigenvalue weighted by atomic mass is 10.2. The van der Waals surface area contributed by atoms with Gasteiger partial charge in [-0.25, -0.2) is 0 Å². The van der Waals surface area contributed by atoms with Gasteiger partial charge in [0.25, 0.3) is 0 Å². The summed E-state index contributed by atoms with van der Waals surface area (Å²) in [5.74, 6) is 1.05. The number of furan rings is 1. The van der Waals surface area contributed by atoms with Crippen LogP contribution in [0.5, 0.6) is 0 Å². The summed E-state index contributed by atoms with van der Waals surface area (Å²) in [6.07, 6.45) is 6.88. The van der Waals surface area contributed by atoms with Crippen LogP contribution in [0.3, 0.4) is 0 Å². The predicted octanol–water partition coefficient (Wildman–Crippen LogP) is 2.77. The fourth-order valence-electron chi connectivity index (χ4n) is 1.40. The third kappa shape index (κ3) is 4.28. The van der Waals surface area contributed by atoms with E-state index in [0.29, 0.717) is 6.04 Å². The van der Waals surface area contributed by atoms with Crippen molar-refractivity contribution in [2.24, 2.45) is 0 Å². The summed E-state index contributed by atoms with van der Waals surface area (Å²) in [6, 6.07) is 4.42. The summed E-state index contributed by atoms with van der Waals surface area (Å²) in [5, 5.41) is 3.45. The number of allylic oxidation sites excluding steroid dienone is 1. The summed E-state index contributed by atoms with van der Waals surface area (Å²) in [7, 11) is 0. The zero-order chi connectivity index (χ0) is 10.2. The van der Waals surface area contributed by atoms with Crippen LogP contribution in [0, 0.1) is 0 Å². The number of nitrogens with one attached hydrogen (secondary N) is 1. The first-order chi connectivity index (χ1) is 6.83. The van der Waals surface area contributed by atoms with E-state index in [1.165, 1.54) is 0 Å². The second kappa shape index (κ2) is 6.44. The molecule has 1 rings (SSSR count). The molecule has 0 radical (unpaired) electrons. The summed E-state index contributed by atoms with van der Waals surface area (Å²) in [5.41, 5.74) is 0. The molecule has 78 valence electrons. The Labute approximate surface area is 86.0 Å². The quantitative estimate of drug-likeness (QED) is 0.532. The molecule has 0 fully saturated rings. The lowest BCUT2D eigenvalue weighted by Crippen LogP contribution is -2.28. The standard InChI is InChI=1S/C12H19NO/c1-3-4-5-8-13-11(2)10-12-7-6-9-14-12/h3,6-7,9,11,13H,1,4-5,8,10H2,2H3. The highest BCUT2D eigenvalue weighted by Gasteiger charge is 2.03. The molecule has 0 aliphatic heterocycles. The maximum Gasteiger partial charge on any atom is 0.105 e. The van der Waals surface area contributed by atoms with Crippen molar-refractivity contribution in [2.45, 2.75) is 32.2 Å². The molecule has 14 heavy (non-hydrogen) atoms. The third-order valence-corrected chi connectivity index (χ3v) is 2.17. The first-order valence-electron chi connectivity index (χ1n) is 5.19. The second-order valence-electron chi connectivity index (χ2n) is 3.57. The molecule has 2 nitrogen and oxygen atoms in total. The molecule has 1 N–H and O–H groups in total. The maximum absolute atomic E-state index is 5.28. The first-order valence-corrected chi connectivity index (χ1v) is 5.19. The van der Waals surface area contributed by atoms with Gasteiger partial charge in [-0.05, 0) is 38.4 Å². The molecule has 1 unspecified atom stereocenters. The minimum absolute atomic E-state index is 0.478. The molecule has 0 saturated heterocycles. The molecular formula is C12H19NO. The van der Waals surface area contributed by atoms with Crippen LogP contribution >= 0.6 is 0 Å². The van der Waals surface area contributed by atoms with E-state index in [-0.39, 0.29) is 0 Å². The van der Waals surface area contributed by atoms with Crippen LogP contribution in [-0.2, 0) is 6.42 Å². The van der Waals surface area contributed by atoms with E-state index in [2.05, 4.69) is 18.8 Å². The van der Waals surface area contributed by atoms with Crippen molar-refractivity contribution >= 4 is 0 Å². The lowest BCUT2D eigenvalue weighted by molar-refractivity contribution is 0.455. The Bertz CT molecular complexity index is 241. The maximum atomic E-state index is 5.28. The molecular weight excluding hydrogens is 174 g/mol. The van der Waals surface area contributed by atoms with Crippen molar-refractivity contribution in [3.63, 3.8) is 0 Å². The average Bonchev–Trinajstić information content (AvgIpc) is 2.65. The van der Waals surface area contributed by atoms with E-state index in [1.807, 2.05) is 18.2 Å². The van der Waals surface area contributed by atoms with Gasteiger partial charge >= 0.3 is 0 Å². The van der Waals surface area contributed by atoms with E-state index in [0.717, 1.165) is 31.6 Å². The van der Waals surface area contributed by atoms with Gasteiger partial charge in [0.1, 0.15) is 5.76 Å². The van der Waals surface area contributed by atoms with Gasteiger partial charge in [-0.1, -0.05) is 6.08 Å². The molecule has 0 saturated carbocycles. The SMILES string of the molecule is C=CCCCNC(C)Cc1ccco1. The largest absolute Gasteiger partial charge is 0.469 e. The Morgan fingerprint density at radius 1 is 1.64 bits per heavy atom. The molecule has 0 aromatic carbocycles. The van der Waals surface area contributed by atoms with E-state index in [4.69, 9.17) is 4.42 Å². The first kappa shape index (κ1) is 11.1. The Morgan fingerprint density at radius 3 is 3.14 bits per heavy atom. The fourth-order valence-corrected chi connectivity index (χ4v) is 1.40. The molecule has 0 amide bonds. The molecule has 0 aliphatic rings. The molecule has 2 heteroatoms. The van der Waals surface area contributed by atoms with Crippen LogP contribution in [0.1, 0.15) is 25.5 Å². The Hall–Kier alpha value is -1.02. The van der Waals surface area contributed by atoms with Gasteiger partial charge in [0.15, 0.2) is 0 Å². The summed E-state index contributed by atoms with van der Waals surface area (Å²) in [4.78, 5) is 0. The van der Waals surface area contributed by atoms with Gasteiger partial charge < -0.3 is 9.73 Å². The molecule has 1 atom stereocenters. The van der Waals surface area contributed by atoms with Crippen LogP contribution in [0.2, 0.25) is 0 Å². The highest BCUT2D eigenvalue weighted by Crippen LogP contribution is 2.03. The topological polar surface area (TPSA) is 25.2 Å². The van der Waals surface area contributed by atoms with Crippen LogP contribution in [-0.4, -0.2) is 12.6 Å². The predicted molar refractivity (Wildman–Crippen MR) is 59.3 cm³/mol. The highest BCUT2D eigenvalue weighted by molar-refractivity contribution is 4.99. The normalized spacial score (nSPS) is 12.6. The Kier molecular flexibility index (Phi) is 5.08. The van der Waals surface area contributed by atoms with Gasteiger partial charge in [0.05, 0.1) is 6.26 Å². The minimum Gasteiger partial charge on any atom is -0.469 e. The minimum atomic E-state index is 0.478. The summed E-state index contributed by atoms with van der Waals surface area (Å²) >= 11 is 0. The van der Waals surface area contributed by atoms with Crippen molar-refractivity contribution < 1.29 is 4.42 Å². The second-order valence-corrected chi connectivity index (χ2v) is 3.57. The smallest absolute Gasteiger partial charge is 0.105 e. The fraction of sp³-hybridized carbons (Fsp3) is 0.500. The molecule has 0 aliphatic carbocycles. The van der Waals surface area contributed by atoms with Gasteiger partial charge in [-0.15, -0.1) is 6.58 Å². The van der Waals surface area contributed by atoms with Crippen molar-refractivity contribution in [2.75, 3.05) is 6.54 Å². The van der Waals surface area contributed by atoms with Gasteiger partial charge in [-0.3, -0.25) is 0 Å². The van der Waals surface area contributed by atoms with Crippen LogP contribution in [0.4, 0.5) is 0 Å². The molecule has 1 heterocycles. The van der Waals surface area contributed by atoms with E-state index >= 15 is 0 Å². The number of rotatable bonds is 7. The molecule has 0 bridgehead atoms. The zero-order valence-electron chi connectivity index (χ0n) is 8.83. The van der Waals surface area contributed by atoms with Gasteiger partial charge in [0, 0.05) is 12.5 Å². The van der Waals surface area contributed by atoms with Gasteiger partial charge in [-0.2, -0.15) is 0 Å². The molecule has 1 aromatic rings.